The highest BCUT2D eigenvalue weighted by Gasteiger charge is 2.15. The molecule has 0 N–H and O–H groups in total. The standard InChI is InChI=1S/C15H18N4O3/c1-4-21-14-7-6-11(8-15(14)22-5-2)19-13(10-20-3)12(9-16)17-18-19/h6-8H,4-5,10H2,1-3H3. The summed E-state index contributed by atoms with van der Waals surface area (Å²) in [6, 6.07) is 7.47. The number of aromatic nitrogens is 3. The molecule has 0 unspecified atom stereocenters. The minimum atomic E-state index is 0.243. The maximum atomic E-state index is 9.09. The maximum Gasteiger partial charge on any atom is 0.188 e. The summed E-state index contributed by atoms with van der Waals surface area (Å²) < 4.78 is 17.8. The van der Waals surface area contributed by atoms with E-state index in [1.54, 1.807) is 11.8 Å². The van der Waals surface area contributed by atoms with E-state index in [-0.39, 0.29) is 12.3 Å². The zero-order valence-corrected chi connectivity index (χ0v) is 12.9. The highest BCUT2D eigenvalue weighted by Crippen LogP contribution is 2.30. The summed E-state index contributed by atoms with van der Waals surface area (Å²) in [4.78, 5) is 0. The van der Waals surface area contributed by atoms with E-state index in [4.69, 9.17) is 19.5 Å². The summed E-state index contributed by atoms with van der Waals surface area (Å²) in [5.74, 6) is 1.29. The van der Waals surface area contributed by atoms with Crippen LogP contribution in [0.1, 0.15) is 25.2 Å². The number of hydrogen-bond donors (Lipinski definition) is 0. The van der Waals surface area contributed by atoms with Crippen LogP contribution in [0.4, 0.5) is 0 Å². The summed E-state index contributed by atoms with van der Waals surface area (Å²) in [6.45, 7) is 5.14. The molecule has 2 aromatic rings. The second-order valence-electron chi connectivity index (χ2n) is 4.34. The fourth-order valence-corrected chi connectivity index (χ4v) is 2.03. The van der Waals surface area contributed by atoms with Gasteiger partial charge in [0.1, 0.15) is 11.8 Å². The Kier molecular flexibility index (Phi) is 5.33. The minimum Gasteiger partial charge on any atom is -0.490 e. The number of rotatable bonds is 7. The molecule has 0 radical (unpaired) electrons. The van der Waals surface area contributed by atoms with Crippen LogP contribution in [-0.2, 0) is 11.3 Å². The summed E-state index contributed by atoms with van der Waals surface area (Å²) in [5.41, 5.74) is 1.57. The lowest BCUT2D eigenvalue weighted by molar-refractivity contribution is 0.179. The quantitative estimate of drug-likeness (QED) is 0.779. The Labute approximate surface area is 129 Å². The van der Waals surface area contributed by atoms with Gasteiger partial charge >= 0.3 is 0 Å². The molecular formula is C15H18N4O3. The summed E-state index contributed by atoms with van der Waals surface area (Å²) in [7, 11) is 1.56. The maximum absolute atomic E-state index is 9.09. The Morgan fingerprint density at radius 2 is 1.91 bits per heavy atom. The average Bonchev–Trinajstić information content (AvgIpc) is 2.93. The zero-order valence-electron chi connectivity index (χ0n) is 12.9. The van der Waals surface area contributed by atoms with Gasteiger partial charge in [-0.1, -0.05) is 5.21 Å². The molecule has 0 aliphatic heterocycles. The monoisotopic (exact) mass is 302 g/mol. The Bertz CT molecular complexity index is 676. The SMILES string of the molecule is CCOc1ccc(-n2nnc(C#N)c2COC)cc1OCC. The van der Waals surface area contributed by atoms with Crippen LogP contribution in [0.15, 0.2) is 18.2 Å². The predicted molar refractivity (Wildman–Crippen MR) is 79.1 cm³/mol. The summed E-state index contributed by atoms with van der Waals surface area (Å²) in [5, 5.41) is 17.0. The highest BCUT2D eigenvalue weighted by molar-refractivity contribution is 5.49. The molecule has 0 aliphatic carbocycles. The fraction of sp³-hybridized carbons (Fsp3) is 0.400. The number of nitrogens with zero attached hydrogens (tertiary/aromatic N) is 4. The van der Waals surface area contributed by atoms with Gasteiger partial charge in [0.2, 0.25) is 0 Å². The molecule has 22 heavy (non-hydrogen) atoms. The first-order valence-electron chi connectivity index (χ1n) is 6.98. The van der Waals surface area contributed by atoms with Gasteiger partial charge in [-0.2, -0.15) is 5.26 Å². The number of nitriles is 1. The molecule has 7 heteroatoms. The molecular weight excluding hydrogens is 284 g/mol. The second kappa shape index (κ2) is 7.43. The zero-order chi connectivity index (χ0) is 15.9. The van der Waals surface area contributed by atoms with Crippen molar-refractivity contribution in [3.8, 4) is 23.3 Å². The van der Waals surface area contributed by atoms with E-state index in [1.165, 1.54) is 0 Å². The van der Waals surface area contributed by atoms with E-state index in [0.717, 1.165) is 5.69 Å². The van der Waals surface area contributed by atoms with Gasteiger partial charge in [-0.25, -0.2) is 4.68 Å². The summed E-state index contributed by atoms with van der Waals surface area (Å²) >= 11 is 0. The molecule has 0 spiro atoms. The molecule has 1 heterocycles. The number of hydrogen-bond acceptors (Lipinski definition) is 6. The Balaban J connectivity index is 2.47. The van der Waals surface area contributed by atoms with Gasteiger partial charge < -0.3 is 14.2 Å². The van der Waals surface area contributed by atoms with Gasteiger partial charge in [0.15, 0.2) is 17.2 Å². The van der Waals surface area contributed by atoms with E-state index < -0.39 is 0 Å². The van der Waals surface area contributed by atoms with Crippen LogP contribution in [-0.4, -0.2) is 35.3 Å². The molecule has 116 valence electrons. The van der Waals surface area contributed by atoms with Gasteiger partial charge in [-0.3, -0.25) is 0 Å². The lowest BCUT2D eigenvalue weighted by Gasteiger charge is -2.13. The molecule has 0 fully saturated rings. The Morgan fingerprint density at radius 1 is 1.18 bits per heavy atom. The van der Waals surface area contributed by atoms with E-state index in [0.29, 0.717) is 30.4 Å². The Morgan fingerprint density at radius 3 is 2.55 bits per heavy atom. The van der Waals surface area contributed by atoms with Crippen LogP contribution >= 0.6 is 0 Å². The van der Waals surface area contributed by atoms with Crippen molar-refractivity contribution in [3.05, 3.63) is 29.6 Å². The van der Waals surface area contributed by atoms with Crippen molar-refractivity contribution in [1.82, 2.24) is 15.0 Å². The van der Waals surface area contributed by atoms with Crippen molar-refractivity contribution in [2.75, 3.05) is 20.3 Å². The van der Waals surface area contributed by atoms with Crippen LogP contribution in [0.3, 0.4) is 0 Å². The molecule has 0 atom stereocenters. The van der Waals surface area contributed by atoms with Crippen LogP contribution in [0, 0.1) is 11.3 Å². The first-order valence-corrected chi connectivity index (χ1v) is 6.98. The second-order valence-corrected chi connectivity index (χ2v) is 4.34. The van der Waals surface area contributed by atoms with Crippen molar-refractivity contribution >= 4 is 0 Å². The van der Waals surface area contributed by atoms with Crippen molar-refractivity contribution in [2.45, 2.75) is 20.5 Å². The third kappa shape index (κ3) is 3.18. The number of benzene rings is 1. The van der Waals surface area contributed by atoms with E-state index in [2.05, 4.69) is 10.3 Å². The van der Waals surface area contributed by atoms with Gasteiger partial charge in [-0.05, 0) is 26.0 Å². The van der Waals surface area contributed by atoms with E-state index in [1.807, 2.05) is 38.1 Å². The lowest BCUT2D eigenvalue weighted by atomic mass is 10.2. The molecule has 1 aromatic carbocycles. The molecule has 2 rings (SSSR count). The van der Waals surface area contributed by atoms with Crippen molar-refractivity contribution < 1.29 is 14.2 Å². The smallest absolute Gasteiger partial charge is 0.188 e. The third-order valence-corrected chi connectivity index (χ3v) is 2.92. The minimum absolute atomic E-state index is 0.243. The number of methoxy groups -OCH3 is 1. The molecule has 0 amide bonds. The summed E-state index contributed by atoms with van der Waals surface area (Å²) in [6.07, 6.45) is 0. The van der Waals surface area contributed by atoms with Crippen molar-refractivity contribution in [1.29, 1.82) is 5.26 Å². The van der Waals surface area contributed by atoms with E-state index in [9.17, 15) is 0 Å². The first kappa shape index (κ1) is 15.8. The van der Waals surface area contributed by atoms with Gasteiger partial charge in [0.05, 0.1) is 25.5 Å². The largest absolute Gasteiger partial charge is 0.490 e. The van der Waals surface area contributed by atoms with Crippen LogP contribution in [0.25, 0.3) is 5.69 Å². The van der Waals surface area contributed by atoms with Crippen LogP contribution in [0.5, 0.6) is 11.5 Å². The molecule has 0 bridgehead atoms. The molecule has 7 nitrogen and oxygen atoms in total. The van der Waals surface area contributed by atoms with Gasteiger partial charge in [0.25, 0.3) is 0 Å². The predicted octanol–water partition coefficient (Wildman–Crippen LogP) is 2.08. The van der Waals surface area contributed by atoms with Gasteiger partial charge in [-0.15, -0.1) is 5.10 Å². The normalized spacial score (nSPS) is 10.3. The molecule has 1 aromatic heterocycles. The molecule has 0 aliphatic rings. The van der Waals surface area contributed by atoms with Crippen LogP contribution in [0.2, 0.25) is 0 Å². The third-order valence-electron chi connectivity index (χ3n) is 2.92. The van der Waals surface area contributed by atoms with E-state index >= 15 is 0 Å². The average molecular weight is 302 g/mol. The van der Waals surface area contributed by atoms with Crippen molar-refractivity contribution in [3.63, 3.8) is 0 Å². The first-order chi connectivity index (χ1) is 10.7. The molecule has 0 saturated carbocycles. The lowest BCUT2D eigenvalue weighted by Crippen LogP contribution is -2.06. The fourth-order valence-electron chi connectivity index (χ4n) is 2.03. The topological polar surface area (TPSA) is 82.2 Å². The van der Waals surface area contributed by atoms with Crippen LogP contribution < -0.4 is 9.47 Å². The van der Waals surface area contributed by atoms with Crippen molar-refractivity contribution in [2.24, 2.45) is 0 Å². The Hall–Kier alpha value is -2.59. The van der Waals surface area contributed by atoms with Gasteiger partial charge in [0, 0.05) is 13.2 Å². The number of ether oxygens (including phenoxy) is 3. The highest BCUT2D eigenvalue weighted by atomic mass is 16.5. The molecule has 0 saturated heterocycles.